The molecule has 2 N–H and O–H groups in total. The van der Waals surface area contributed by atoms with E-state index >= 15 is 0 Å². The summed E-state index contributed by atoms with van der Waals surface area (Å²) in [5, 5.41) is 9.93. The van der Waals surface area contributed by atoms with Gasteiger partial charge >= 0.3 is 0 Å². The predicted molar refractivity (Wildman–Crippen MR) is 83.1 cm³/mol. The van der Waals surface area contributed by atoms with E-state index in [4.69, 9.17) is 22.6 Å². The molecule has 1 aromatic heterocycles. The number of nitrogen functional groups attached to an aromatic ring is 1. The van der Waals surface area contributed by atoms with Gasteiger partial charge < -0.3 is 10.6 Å². The van der Waals surface area contributed by atoms with Crippen LogP contribution in [0.25, 0.3) is 10.1 Å². The number of hydrogen-bond acceptors (Lipinski definition) is 4. The second-order valence-corrected chi connectivity index (χ2v) is 5.71. The lowest BCUT2D eigenvalue weighted by Gasteiger charge is -2.18. The number of nitrogens with two attached hydrogens (primary N) is 1. The number of rotatable bonds is 4. The zero-order chi connectivity index (χ0) is 14.7. The third kappa shape index (κ3) is 2.58. The van der Waals surface area contributed by atoms with Crippen LogP contribution in [0, 0.1) is 11.3 Å². The molecule has 0 aliphatic carbocycles. The van der Waals surface area contributed by atoms with Crippen molar-refractivity contribution >= 4 is 44.6 Å². The standard InChI is InChI=1S/C14H14ClN3OS/c1-2-18(8-4-7-16)14(19)13-12(17)11-9(15)5-3-6-10(11)20-13/h3,5-6H,2,4,8,17H2,1H3. The monoisotopic (exact) mass is 307 g/mol. The van der Waals surface area contributed by atoms with Gasteiger partial charge in [0.05, 0.1) is 23.2 Å². The molecular formula is C14H14ClN3OS. The van der Waals surface area contributed by atoms with Crippen molar-refractivity contribution in [2.75, 3.05) is 18.8 Å². The minimum Gasteiger partial charge on any atom is -0.397 e. The first kappa shape index (κ1) is 14.6. The number of benzene rings is 1. The molecule has 20 heavy (non-hydrogen) atoms. The van der Waals surface area contributed by atoms with Crippen molar-refractivity contribution in [3.8, 4) is 6.07 Å². The highest BCUT2D eigenvalue weighted by molar-refractivity contribution is 7.21. The average Bonchev–Trinajstić information content (AvgIpc) is 2.78. The normalized spacial score (nSPS) is 10.4. The van der Waals surface area contributed by atoms with Crippen LogP contribution in [0.2, 0.25) is 5.02 Å². The highest BCUT2D eigenvalue weighted by Gasteiger charge is 2.21. The summed E-state index contributed by atoms with van der Waals surface area (Å²) in [6.45, 7) is 2.83. The van der Waals surface area contributed by atoms with Crippen molar-refractivity contribution in [2.45, 2.75) is 13.3 Å². The summed E-state index contributed by atoms with van der Waals surface area (Å²) >= 11 is 7.48. The third-order valence-electron chi connectivity index (χ3n) is 3.06. The minimum absolute atomic E-state index is 0.141. The highest BCUT2D eigenvalue weighted by Crippen LogP contribution is 2.38. The molecule has 0 spiro atoms. The van der Waals surface area contributed by atoms with E-state index < -0.39 is 0 Å². The van der Waals surface area contributed by atoms with Crippen molar-refractivity contribution in [3.63, 3.8) is 0 Å². The fraction of sp³-hybridized carbons (Fsp3) is 0.286. The number of nitrogens with zero attached hydrogens (tertiary/aromatic N) is 2. The SMILES string of the molecule is CCN(CCC#N)C(=O)c1sc2cccc(Cl)c2c1N. The average molecular weight is 308 g/mol. The Kier molecular flexibility index (Phi) is 4.48. The van der Waals surface area contributed by atoms with Crippen molar-refractivity contribution in [2.24, 2.45) is 0 Å². The Balaban J connectivity index is 2.42. The molecule has 1 heterocycles. The fourth-order valence-electron chi connectivity index (χ4n) is 2.02. The molecular weight excluding hydrogens is 294 g/mol. The molecule has 0 aliphatic heterocycles. The molecule has 2 rings (SSSR count). The molecule has 0 bridgehead atoms. The van der Waals surface area contributed by atoms with Crippen LogP contribution in [0.5, 0.6) is 0 Å². The summed E-state index contributed by atoms with van der Waals surface area (Å²) in [6.07, 6.45) is 0.311. The second-order valence-electron chi connectivity index (χ2n) is 4.25. The van der Waals surface area contributed by atoms with Gasteiger partial charge in [0.25, 0.3) is 5.91 Å². The van der Waals surface area contributed by atoms with Gasteiger partial charge in [-0.3, -0.25) is 4.79 Å². The van der Waals surface area contributed by atoms with Crippen LogP contribution in [0.4, 0.5) is 5.69 Å². The Labute approximate surface area is 126 Å². The van der Waals surface area contributed by atoms with Gasteiger partial charge in [-0.05, 0) is 19.1 Å². The molecule has 4 nitrogen and oxygen atoms in total. The van der Waals surface area contributed by atoms with Crippen molar-refractivity contribution in [1.82, 2.24) is 4.90 Å². The minimum atomic E-state index is -0.141. The molecule has 6 heteroatoms. The Morgan fingerprint density at radius 2 is 2.30 bits per heavy atom. The molecule has 0 fully saturated rings. The number of amides is 1. The Morgan fingerprint density at radius 3 is 2.90 bits per heavy atom. The first-order chi connectivity index (χ1) is 9.60. The number of nitriles is 1. The molecule has 1 aromatic carbocycles. The Morgan fingerprint density at radius 1 is 1.55 bits per heavy atom. The van der Waals surface area contributed by atoms with Gasteiger partial charge in [0, 0.05) is 23.2 Å². The van der Waals surface area contributed by atoms with Crippen LogP contribution >= 0.6 is 22.9 Å². The first-order valence-corrected chi connectivity index (χ1v) is 7.42. The van der Waals surface area contributed by atoms with Crippen LogP contribution in [0.15, 0.2) is 18.2 Å². The van der Waals surface area contributed by atoms with Gasteiger partial charge in [0.2, 0.25) is 0 Å². The Hall–Kier alpha value is -1.77. The smallest absolute Gasteiger partial charge is 0.266 e. The maximum Gasteiger partial charge on any atom is 0.266 e. The van der Waals surface area contributed by atoms with E-state index in [0.717, 1.165) is 10.1 Å². The predicted octanol–water partition coefficient (Wildman–Crippen LogP) is 3.51. The number of fused-ring (bicyclic) bond motifs is 1. The lowest BCUT2D eigenvalue weighted by molar-refractivity contribution is 0.0773. The number of thiophene rings is 1. The molecule has 2 aromatic rings. The molecule has 0 unspecified atom stereocenters. The van der Waals surface area contributed by atoms with Crippen LogP contribution in [0.3, 0.4) is 0 Å². The zero-order valence-electron chi connectivity index (χ0n) is 11.0. The van der Waals surface area contributed by atoms with Gasteiger partial charge in [-0.2, -0.15) is 5.26 Å². The van der Waals surface area contributed by atoms with Gasteiger partial charge in [0.1, 0.15) is 4.88 Å². The molecule has 0 atom stereocenters. The Bertz CT molecular complexity index is 690. The second kappa shape index (κ2) is 6.12. The van der Waals surface area contributed by atoms with Crippen molar-refractivity contribution in [3.05, 3.63) is 28.1 Å². The zero-order valence-corrected chi connectivity index (χ0v) is 12.6. The van der Waals surface area contributed by atoms with E-state index in [-0.39, 0.29) is 5.91 Å². The number of carbonyl (C=O) groups is 1. The van der Waals surface area contributed by atoms with E-state index in [1.165, 1.54) is 11.3 Å². The molecule has 0 saturated heterocycles. The molecule has 1 amide bonds. The van der Waals surface area contributed by atoms with E-state index in [9.17, 15) is 4.79 Å². The summed E-state index contributed by atoms with van der Waals surface area (Å²) in [4.78, 5) is 14.6. The van der Waals surface area contributed by atoms with Gasteiger partial charge in [-0.15, -0.1) is 11.3 Å². The summed E-state index contributed by atoms with van der Waals surface area (Å²) in [5.74, 6) is -0.141. The highest BCUT2D eigenvalue weighted by atomic mass is 35.5. The summed E-state index contributed by atoms with van der Waals surface area (Å²) < 4.78 is 0.898. The molecule has 0 saturated carbocycles. The van der Waals surface area contributed by atoms with E-state index in [1.807, 2.05) is 25.1 Å². The van der Waals surface area contributed by atoms with Crippen LogP contribution in [-0.4, -0.2) is 23.9 Å². The number of hydrogen-bond donors (Lipinski definition) is 1. The van der Waals surface area contributed by atoms with Gasteiger partial charge in [-0.25, -0.2) is 0 Å². The largest absolute Gasteiger partial charge is 0.397 e. The topological polar surface area (TPSA) is 70.1 Å². The number of carbonyl (C=O) groups excluding carboxylic acids is 1. The number of halogens is 1. The maximum atomic E-state index is 12.5. The molecule has 0 radical (unpaired) electrons. The number of anilines is 1. The lowest BCUT2D eigenvalue weighted by atomic mass is 10.2. The van der Waals surface area contributed by atoms with Crippen LogP contribution in [0.1, 0.15) is 23.0 Å². The first-order valence-electron chi connectivity index (χ1n) is 6.22. The van der Waals surface area contributed by atoms with Gasteiger partial charge in [-0.1, -0.05) is 17.7 Å². The van der Waals surface area contributed by atoms with Crippen molar-refractivity contribution in [1.29, 1.82) is 5.26 Å². The summed E-state index contributed by atoms with van der Waals surface area (Å²) in [6, 6.07) is 7.53. The maximum absolute atomic E-state index is 12.5. The summed E-state index contributed by atoms with van der Waals surface area (Å²) in [5.41, 5.74) is 6.50. The van der Waals surface area contributed by atoms with E-state index in [1.54, 1.807) is 11.0 Å². The fourth-order valence-corrected chi connectivity index (χ4v) is 3.47. The van der Waals surface area contributed by atoms with Gasteiger partial charge in [0.15, 0.2) is 0 Å². The summed E-state index contributed by atoms with van der Waals surface area (Å²) in [7, 11) is 0. The third-order valence-corrected chi connectivity index (χ3v) is 4.53. The lowest BCUT2D eigenvalue weighted by Crippen LogP contribution is -2.31. The molecule has 0 aliphatic rings. The van der Waals surface area contributed by atoms with E-state index in [0.29, 0.717) is 35.1 Å². The van der Waals surface area contributed by atoms with Crippen LogP contribution in [-0.2, 0) is 0 Å². The quantitative estimate of drug-likeness (QED) is 0.939. The van der Waals surface area contributed by atoms with Crippen LogP contribution < -0.4 is 5.73 Å². The van der Waals surface area contributed by atoms with Crippen molar-refractivity contribution < 1.29 is 4.79 Å². The molecule has 104 valence electrons. The van der Waals surface area contributed by atoms with E-state index in [2.05, 4.69) is 0 Å².